The van der Waals surface area contributed by atoms with Crippen LogP contribution in [0.1, 0.15) is 36.7 Å². The fourth-order valence-corrected chi connectivity index (χ4v) is 4.85. The zero-order valence-corrected chi connectivity index (χ0v) is 20.2. The summed E-state index contributed by atoms with van der Waals surface area (Å²) in [5, 5.41) is 7.37. The first-order chi connectivity index (χ1) is 16.4. The molecule has 0 saturated heterocycles. The minimum atomic E-state index is -0.345. The smallest absolute Gasteiger partial charge is 0.256 e. The van der Waals surface area contributed by atoms with Gasteiger partial charge in [0.1, 0.15) is 9.88 Å². The molecule has 0 spiro atoms. The lowest BCUT2D eigenvalue weighted by Crippen LogP contribution is -2.26. The van der Waals surface area contributed by atoms with E-state index in [4.69, 9.17) is 17.3 Å². The van der Waals surface area contributed by atoms with Crippen LogP contribution in [0, 0.1) is 6.92 Å². The molecule has 0 aliphatic heterocycles. The summed E-state index contributed by atoms with van der Waals surface area (Å²) in [4.78, 5) is 26.7. The van der Waals surface area contributed by atoms with Crippen LogP contribution in [0.25, 0.3) is 0 Å². The highest BCUT2D eigenvalue weighted by Crippen LogP contribution is 2.38. The van der Waals surface area contributed by atoms with E-state index in [1.807, 2.05) is 61.5 Å². The van der Waals surface area contributed by atoms with Gasteiger partial charge < -0.3 is 16.4 Å². The quantitative estimate of drug-likeness (QED) is 0.256. The number of nitrogens with one attached hydrogen (secondary N) is 2. The Morgan fingerprint density at radius 1 is 0.941 bits per heavy atom. The molecule has 1 aromatic heterocycles. The van der Waals surface area contributed by atoms with Crippen LogP contribution in [-0.2, 0) is 6.42 Å². The maximum Gasteiger partial charge on any atom is 0.256 e. The van der Waals surface area contributed by atoms with Crippen LogP contribution in [0.15, 0.2) is 78.9 Å². The standard InChI is InChI=1S/C27H24ClN3O2S/c1-17-11-13-20(14-12-17)31-27-22(26(33)30-16-15-18-7-5-6-10-21(18)28)23(29)25(34-27)24(32)19-8-3-2-4-9-19/h2-14,31H,15-16,29H2,1H3,(H,30,33). The molecule has 0 radical (unpaired) electrons. The van der Waals surface area contributed by atoms with Crippen molar-refractivity contribution in [1.82, 2.24) is 5.32 Å². The molecule has 0 fully saturated rings. The number of ketones is 1. The van der Waals surface area contributed by atoms with E-state index in [2.05, 4.69) is 10.6 Å². The minimum Gasteiger partial charge on any atom is -0.397 e. The first kappa shape index (κ1) is 23.5. The van der Waals surface area contributed by atoms with Gasteiger partial charge in [0.25, 0.3) is 5.91 Å². The number of halogens is 1. The van der Waals surface area contributed by atoms with Gasteiger partial charge in [-0.25, -0.2) is 0 Å². The van der Waals surface area contributed by atoms with Crippen LogP contribution in [0.2, 0.25) is 5.02 Å². The molecule has 4 rings (SSSR count). The van der Waals surface area contributed by atoms with Crippen molar-refractivity contribution in [3.05, 3.63) is 111 Å². The number of benzene rings is 3. The number of nitrogens with two attached hydrogens (primary N) is 1. The Labute approximate surface area is 207 Å². The maximum atomic E-state index is 13.2. The number of amides is 1. The van der Waals surface area contributed by atoms with E-state index in [0.29, 0.717) is 33.4 Å². The molecule has 0 unspecified atom stereocenters. The van der Waals surface area contributed by atoms with Crippen molar-refractivity contribution in [2.45, 2.75) is 13.3 Å². The summed E-state index contributed by atoms with van der Waals surface area (Å²) in [6, 6.07) is 24.2. The van der Waals surface area contributed by atoms with E-state index in [0.717, 1.165) is 16.8 Å². The van der Waals surface area contributed by atoms with Crippen LogP contribution in [0.4, 0.5) is 16.4 Å². The number of nitrogen functional groups attached to an aromatic ring is 1. The molecule has 1 heterocycles. The Kier molecular flexibility index (Phi) is 7.30. The summed E-state index contributed by atoms with van der Waals surface area (Å²) in [6.07, 6.45) is 0.575. The lowest BCUT2D eigenvalue weighted by atomic mass is 10.1. The number of hydrogen-bond acceptors (Lipinski definition) is 5. The van der Waals surface area contributed by atoms with Gasteiger partial charge in [-0.15, -0.1) is 11.3 Å². The van der Waals surface area contributed by atoms with Gasteiger partial charge >= 0.3 is 0 Å². The highest BCUT2D eigenvalue weighted by Gasteiger charge is 2.26. The Morgan fingerprint density at radius 3 is 2.32 bits per heavy atom. The fourth-order valence-electron chi connectivity index (χ4n) is 3.51. The molecule has 4 aromatic rings. The molecule has 172 valence electrons. The van der Waals surface area contributed by atoms with Crippen molar-refractivity contribution >= 4 is 51.0 Å². The third kappa shape index (κ3) is 5.30. The number of rotatable bonds is 8. The van der Waals surface area contributed by atoms with Gasteiger partial charge in [-0.05, 0) is 37.1 Å². The number of carbonyl (C=O) groups excluding carboxylic acids is 2. The lowest BCUT2D eigenvalue weighted by molar-refractivity contribution is 0.0956. The first-order valence-corrected chi connectivity index (χ1v) is 12.0. The third-order valence-corrected chi connectivity index (χ3v) is 6.85. The molecule has 7 heteroatoms. The van der Waals surface area contributed by atoms with Crippen molar-refractivity contribution in [1.29, 1.82) is 0 Å². The van der Waals surface area contributed by atoms with Crippen LogP contribution >= 0.6 is 22.9 Å². The normalized spacial score (nSPS) is 10.6. The van der Waals surface area contributed by atoms with E-state index in [1.165, 1.54) is 11.3 Å². The molecule has 0 saturated carbocycles. The number of anilines is 3. The average molecular weight is 490 g/mol. The lowest BCUT2D eigenvalue weighted by Gasteiger charge is -2.10. The van der Waals surface area contributed by atoms with Gasteiger partial charge in [-0.1, -0.05) is 77.8 Å². The Hall–Kier alpha value is -3.61. The topological polar surface area (TPSA) is 84.2 Å². The maximum absolute atomic E-state index is 13.2. The molecular weight excluding hydrogens is 466 g/mol. The van der Waals surface area contributed by atoms with E-state index < -0.39 is 0 Å². The largest absolute Gasteiger partial charge is 0.397 e. The average Bonchev–Trinajstić information content (AvgIpc) is 3.17. The van der Waals surface area contributed by atoms with Gasteiger partial charge in [0.2, 0.25) is 5.78 Å². The molecule has 1 amide bonds. The number of aryl methyl sites for hydroxylation is 1. The van der Waals surface area contributed by atoms with Crippen molar-refractivity contribution < 1.29 is 9.59 Å². The van der Waals surface area contributed by atoms with Crippen LogP contribution < -0.4 is 16.4 Å². The molecule has 0 aliphatic carbocycles. The van der Waals surface area contributed by atoms with Crippen molar-refractivity contribution in [2.24, 2.45) is 0 Å². The second-order valence-corrected chi connectivity index (χ2v) is 9.26. The molecule has 34 heavy (non-hydrogen) atoms. The number of thiophene rings is 1. The van der Waals surface area contributed by atoms with Gasteiger partial charge in [-0.2, -0.15) is 0 Å². The number of carbonyl (C=O) groups is 2. The van der Waals surface area contributed by atoms with Crippen LogP contribution in [0.5, 0.6) is 0 Å². The minimum absolute atomic E-state index is 0.170. The Morgan fingerprint density at radius 2 is 1.62 bits per heavy atom. The van der Waals surface area contributed by atoms with Gasteiger partial charge in [0.15, 0.2) is 0 Å². The second-order valence-electron chi connectivity index (χ2n) is 7.83. The summed E-state index contributed by atoms with van der Waals surface area (Å²) >= 11 is 7.41. The van der Waals surface area contributed by atoms with Crippen molar-refractivity contribution in [2.75, 3.05) is 17.6 Å². The molecule has 0 aliphatic rings. The molecule has 0 bridgehead atoms. The predicted molar refractivity (Wildman–Crippen MR) is 141 cm³/mol. The molecule has 3 aromatic carbocycles. The Balaban J connectivity index is 1.62. The summed E-state index contributed by atoms with van der Waals surface area (Å²) in [5.74, 6) is -0.562. The van der Waals surface area contributed by atoms with Gasteiger partial charge in [0.05, 0.1) is 11.3 Å². The van der Waals surface area contributed by atoms with Crippen LogP contribution in [-0.4, -0.2) is 18.2 Å². The van der Waals surface area contributed by atoms with Gasteiger partial charge in [0, 0.05) is 22.8 Å². The van der Waals surface area contributed by atoms with E-state index in [-0.39, 0.29) is 22.9 Å². The Bertz CT molecular complexity index is 1320. The SMILES string of the molecule is Cc1ccc(Nc2sc(C(=O)c3ccccc3)c(N)c2C(=O)NCCc2ccccc2Cl)cc1. The first-order valence-electron chi connectivity index (χ1n) is 10.8. The number of hydrogen-bond donors (Lipinski definition) is 3. The summed E-state index contributed by atoms with van der Waals surface area (Å²) < 4.78 is 0. The molecule has 0 atom stereocenters. The third-order valence-electron chi connectivity index (χ3n) is 5.36. The predicted octanol–water partition coefficient (Wildman–Crippen LogP) is 6.24. The highest BCUT2D eigenvalue weighted by atomic mass is 35.5. The molecule has 4 N–H and O–H groups in total. The highest BCUT2D eigenvalue weighted by molar-refractivity contribution is 7.19. The zero-order valence-electron chi connectivity index (χ0n) is 18.6. The molecular formula is C27H24ClN3O2S. The summed E-state index contributed by atoms with van der Waals surface area (Å²) in [6.45, 7) is 2.38. The van der Waals surface area contributed by atoms with E-state index in [1.54, 1.807) is 24.3 Å². The monoisotopic (exact) mass is 489 g/mol. The zero-order chi connectivity index (χ0) is 24.1. The fraction of sp³-hybridized carbons (Fsp3) is 0.111. The summed E-state index contributed by atoms with van der Waals surface area (Å²) in [5.41, 5.74) is 10.2. The second kappa shape index (κ2) is 10.5. The van der Waals surface area contributed by atoms with Crippen LogP contribution in [0.3, 0.4) is 0 Å². The molecule has 5 nitrogen and oxygen atoms in total. The van der Waals surface area contributed by atoms with E-state index in [9.17, 15) is 9.59 Å². The van der Waals surface area contributed by atoms with Crippen molar-refractivity contribution in [3.63, 3.8) is 0 Å². The summed E-state index contributed by atoms with van der Waals surface area (Å²) in [7, 11) is 0. The van der Waals surface area contributed by atoms with E-state index >= 15 is 0 Å². The van der Waals surface area contributed by atoms with Gasteiger partial charge in [-0.3, -0.25) is 9.59 Å². The van der Waals surface area contributed by atoms with Crippen molar-refractivity contribution in [3.8, 4) is 0 Å².